The van der Waals surface area contributed by atoms with Gasteiger partial charge in [0.05, 0.1) is 6.61 Å². The maximum atomic E-state index is 6.01. The predicted molar refractivity (Wildman–Crippen MR) is 85.6 cm³/mol. The van der Waals surface area contributed by atoms with E-state index in [2.05, 4.69) is 43.0 Å². The predicted octanol–water partition coefficient (Wildman–Crippen LogP) is 4.45. The van der Waals surface area contributed by atoms with Crippen LogP contribution >= 0.6 is 0 Å². The maximum Gasteiger partial charge on any atom is 0.122 e. The number of nitrogens with zero attached hydrogens (tertiary/aromatic N) is 1. The van der Waals surface area contributed by atoms with Gasteiger partial charge in [0, 0.05) is 0 Å². The van der Waals surface area contributed by atoms with Gasteiger partial charge in [-0.2, -0.15) is 0 Å². The molecule has 1 aliphatic rings. The Morgan fingerprint density at radius 2 is 1.90 bits per heavy atom. The smallest absolute Gasteiger partial charge is 0.122 e. The first kappa shape index (κ1) is 15.4. The molecule has 0 spiro atoms. The average molecular weight is 275 g/mol. The van der Waals surface area contributed by atoms with Crippen LogP contribution in [0.4, 0.5) is 0 Å². The Hall–Kier alpha value is -1.02. The number of benzene rings is 1. The van der Waals surface area contributed by atoms with E-state index in [9.17, 15) is 0 Å². The Bertz CT molecular complexity index is 385. The summed E-state index contributed by atoms with van der Waals surface area (Å²) in [6.07, 6.45) is 6.35. The third kappa shape index (κ3) is 4.52. The Balaban J connectivity index is 1.70. The van der Waals surface area contributed by atoms with Gasteiger partial charge in [0.1, 0.15) is 5.75 Å². The van der Waals surface area contributed by atoms with Crippen LogP contribution in [0, 0.1) is 0 Å². The minimum atomic E-state index is 0.579. The molecule has 1 fully saturated rings. The Labute approximate surface area is 124 Å². The Kier molecular flexibility index (Phi) is 6.38. The molecule has 0 bridgehead atoms. The molecular formula is C18H29NO. The van der Waals surface area contributed by atoms with Crippen molar-refractivity contribution in [3.63, 3.8) is 0 Å². The van der Waals surface area contributed by atoms with Crippen LogP contribution in [0.3, 0.4) is 0 Å². The molecule has 0 saturated carbocycles. The van der Waals surface area contributed by atoms with Gasteiger partial charge in [-0.25, -0.2) is 0 Å². The molecule has 0 radical (unpaired) electrons. The number of hydrogen-bond donors (Lipinski definition) is 0. The zero-order valence-electron chi connectivity index (χ0n) is 13.1. The number of rotatable bonds is 8. The lowest BCUT2D eigenvalue weighted by Crippen LogP contribution is -2.20. The summed E-state index contributed by atoms with van der Waals surface area (Å²) in [4.78, 5) is 2.58. The lowest BCUT2D eigenvalue weighted by molar-refractivity contribution is 0.277. The minimum Gasteiger partial charge on any atom is -0.493 e. The molecule has 0 N–H and O–H groups in total. The summed E-state index contributed by atoms with van der Waals surface area (Å²) in [5, 5.41) is 0. The maximum absolute atomic E-state index is 6.01. The van der Waals surface area contributed by atoms with Crippen molar-refractivity contribution >= 4 is 0 Å². The highest BCUT2D eigenvalue weighted by molar-refractivity contribution is 5.35. The van der Waals surface area contributed by atoms with E-state index < -0.39 is 0 Å². The molecule has 2 heteroatoms. The van der Waals surface area contributed by atoms with E-state index in [0.29, 0.717) is 5.92 Å². The van der Waals surface area contributed by atoms with E-state index in [-0.39, 0.29) is 0 Å². The number of hydrogen-bond acceptors (Lipinski definition) is 2. The van der Waals surface area contributed by atoms with Crippen LogP contribution < -0.4 is 4.74 Å². The first-order valence-corrected chi connectivity index (χ1v) is 8.25. The molecule has 112 valence electrons. The summed E-state index contributed by atoms with van der Waals surface area (Å²) in [7, 11) is 0. The number of unbranched alkanes of at least 4 members (excludes halogenated alkanes) is 1. The van der Waals surface area contributed by atoms with Gasteiger partial charge in [-0.05, 0) is 69.3 Å². The van der Waals surface area contributed by atoms with Gasteiger partial charge in [0.2, 0.25) is 0 Å². The molecule has 0 unspecified atom stereocenters. The molecule has 0 aliphatic carbocycles. The van der Waals surface area contributed by atoms with E-state index in [0.717, 1.165) is 25.2 Å². The summed E-state index contributed by atoms with van der Waals surface area (Å²) in [5.41, 5.74) is 1.36. The van der Waals surface area contributed by atoms with E-state index in [1.54, 1.807) is 0 Å². The highest BCUT2D eigenvalue weighted by atomic mass is 16.5. The van der Waals surface area contributed by atoms with Crippen molar-refractivity contribution in [2.45, 2.75) is 51.9 Å². The highest BCUT2D eigenvalue weighted by Crippen LogP contribution is 2.28. The first-order valence-electron chi connectivity index (χ1n) is 8.25. The fourth-order valence-electron chi connectivity index (χ4n) is 2.86. The molecule has 1 atom stereocenters. The minimum absolute atomic E-state index is 0.579. The second-order valence-corrected chi connectivity index (χ2v) is 5.95. The summed E-state index contributed by atoms with van der Waals surface area (Å²) in [6, 6.07) is 8.50. The van der Waals surface area contributed by atoms with E-state index in [1.807, 2.05) is 0 Å². The summed E-state index contributed by atoms with van der Waals surface area (Å²) >= 11 is 0. The van der Waals surface area contributed by atoms with Crippen LogP contribution in [0.25, 0.3) is 0 Å². The molecule has 0 amide bonds. The van der Waals surface area contributed by atoms with Crippen molar-refractivity contribution in [3.8, 4) is 5.75 Å². The zero-order valence-corrected chi connectivity index (χ0v) is 13.1. The number of ether oxygens (including phenoxy) is 1. The fourth-order valence-corrected chi connectivity index (χ4v) is 2.86. The van der Waals surface area contributed by atoms with Crippen LogP contribution in [-0.2, 0) is 0 Å². The summed E-state index contributed by atoms with van der Waals surface area (Å²) in [5.74, 6) is 1.67. The van der Waals surface area contributed by atoms with Crippen molar-refractivity contribution in [2.24, 2.45) is 0 Å². The lowest BCUT2D eigenvalue weighted by atomic mass is 9.98. The van der Waals surface area contributed by atoms with E-state index >= 15 is 0 Å². The summed E-state index contributed by atoms with van der Waals surface area (Å²) in [6.45, 7) is 9.21. The van der Waals surface area contributed by atoms with Crippen molar-refractivity contribution in [2.75, 3.05) is 26.2 Å². The molecule has 20 heavy (non-hydrogen) atoms. The Morgan fingerprint density at radius 1 is 1.15 bits per heavy atom. The standard InChI is InChI=1S/C18H29NO/c1-3-16(2)17-10-4-5-11-18(17)20-15-9-8-14-19-12-6-7-13-19/h4-5,10-11,16H,3,6-9,12-15H2,1-2H3/t16-/m0/s1. The molecular weight excluding hydrogens is 246 g/mol. The molecule has 2 rings (SSSR count). The van der Waals surface area contributed by atoms with Crippen molar-refractivity contribution in [1.29, 1.82) is 0 Å². The van der Waals surface area contributed by atoms with Crippen LogP contribution in [-0.4, -0.2) is 31.1 Å². The van der Waals surface area contributed by atoms with Crippen molar-refractivity contribution < 1.29 is 4.74 Å². The van der Waals surface area contributed by atoms with Crippen LogP contribution in [0.5, 0.6) is 5.75 Å². The van der Waals surface area contributed by atoms with Gasteiger partial charge >= 0.3 is 0 Å². The third-order valence-corrected chi connectivity index (χ3v) is 4.39. The van der Waals surface area contributed by atoms with Gasteiger partial charge in [-0.15, -0.1) is 0 Å². The van der Waals surface area contributed by atoms with Crippen LogP contribution in [0.2, 0.25) is 0 Å². The number of likely N-dealkylation sites (tertiary alicyclic amines) is 1. The molecule has 1 heterocycles. The first-order chi connectivity index (χ1) is 9.81. The van der Waals surface area contributed by atoms with Crippen molar-refractivity contribution in [3.05, 3.63) is 29.8 Å². The van der Waals surface area contributed by atoms with Gasteiger partial charge in [-0.1, -0.05) is 32.0 Å². The van der Waals surface area contributed by atoms with E-state index in [1.165, 1.54) is 44.5 Å². The normalized spacial score (nSPS) is 17.3. The SMILES string of the molecule is CC[C@H](C)c1ccccc1OCCCCN1CCCC1. The molecule has 1 saturated heterocycles. The lowest BCUT2D eigenvalue weighted by Gasteiger charge is -2.17. The topological polar surface area (TPSA) is 12.5 Å². The van der Waals surface area contributed by atoms with Gasteiger partial charge in [0.15, 0.2) is 0 Å². The molecule has 0 aromatic heterocycles. The molecule has 1 aromatic rings. The molecule has 2 nitrogen and oxygen atoms in total. The monoisotopic (exact) mass is 275 g/mol. The second kappa shape index (κ2) is 8.31. The summed E-state index contributed by atoms with van der Waals surface area (Å²) < 4.78 is 6.01. The fraction of sp³-hybridized carbons (Fsp3) is 0.667. The van der Waals surface area contributed by atoms with Crippen LogP contribution in [0.15, 0.2) is 24.3 Å². The second-order valence-electron chi connectivity index (χ2n) is 5.95. The third-order valence-electron chi connectivity index (χ3n) is 4.39. The van der Waals surface area contributed by atoms with Gasteiger partial charge in [-0.3, -0.25) is 0 Å². The highest BCUT2D eigenvalue weighted by Gasteiger charge is 2.11. The van der Waals surface area contributed by atoms with Gasteiger partial charge < -0.3 is 9.64 Å². The van der Waals surface area contributed by atoms with E-state index in [4.69, 9.17) is 4.74 Å². The average Bonchev–Trinajstić information content (AvgIpc) is 3.00. The number of para-hydroxylation sites is 1. The Morgan fingerprint density at radius 3 is 2.65 bits per heavy atom. The van der Waals surface area contributed by atoms with Gasteiger partial charge in [0.25, 0.3) is 0 Å². The van der Waals surface area contributed by atoms with Crippen molar-refractivity contribution in [1.82, 2.24) is 4.90 Å². The molecule has 1 aliphatic heterocycles. The zero-order chi connectivity index (χ0) is 14.2. The molecule has 1 aromatic carbocycles. The van der Waals surface area contributed by atoms with Crippen LogP contribution in [0.1, 0.15) is 57.4 Å². The largest absolute Gasteiger partial charge is 0.493 e. The quantitative estimate of drug-likeness (QED) is 0.650.